The second-order valence-corrected chi connectivity index (χ2v) is 5.12. The fraction of sp³-hybridized carbons (Fsp3) is 0.700. The highest BCUT2D eigenvalue weighted by atomic mass is 32.2. The van der Waals surface area contributed by atoms with Crippen molar-refractivity contribution in [2.24, 2.45) is 7.05 Å². The first-order valence-electron chi connectivity index (χ1n) is 5.37. The first kappa shape index (κ1) is 15.1. The van der Waals surface area contributed by atoms with Gasteiger partial charge in [0, 0.05) is 5.75 Å². The van der Waals surface area contributed by atoms with E-state index in [1.54, 1.807) is 0 Å². The number of hydrogen-bond acceptors (Lipinski definition) is 3. The molecule has 0 unspecified atom stereocenters. The number of imidazole rings is 1. The lowest BCUT2D eigenvalue weighted by molar-refractivity contribution is -0.670. The number of H-pyrrole nitrogens is 1. The predicted molar refractivity (Wildman–Crippen MR) is 60.7 cm³/mol. The lowest BCUT2D eigenvalue weighted by Gasteiger charge is -2.04. The minimum atomic E-state index is -3.95. The van der Waals surface area contributed by atoms with Gasteiger partial charge < -0.3 is 4.55 Å². The lowest BCUT2D eigenvalue weighted by atomic mass is 10.2. The van der Waals surface area contributed by atoms with E-state index < -0.39 is 10.1 Å². The molecule has 0 saturated carbocycles. The van der Waals surface area contributed by atoms with Crippen LogP contribution in [-0.4, -0.2) is 23.7 Å². The van der Waals surface area contributed by atoms with Gasteiger partial charge >= 0.3 is 0 Å². The summed E-state index contributed by atoms with van der Waals surface area (Å²) in [6, 6.07) is 0. The first-order valence-corrected chi connectivity index (χ1v) is 6.95. The Morgan fingerprint density at radius 1 is 1.31 bits per heavy atom. The monoisotopic (exact) mass is 248 g/mol. The van der Waals surface area contributed by atoms with Crippen LogP contribution < -0.4 is 4.57 Å². The zero-order valence-corrected chi connectivity index (χ0v) is 10.7. The number of unbranched alkanes of at least 4 members (excludes halogenated alkanes) is 3. The molecule has 0 bridgehead atoms. The summed E-state index contributed by atoms with van der Waals surface area (Å²) in [5, 5.41) is 0. The van der Waals surface area contributed by atoms with E-state index in [0.717, 1.165) is 19.3 Å². The zero-order valence-electron chi connectivity index (χ0n) is 9.85. The van der Waals surface area contributed by atoms with E-state index in [9.17, 15) is 13.0 Å². The van der Waals surface area contributed by atoms with Crippen molar-refractivity contribution in [3.8, 4) is 0 Å². The highest BCUT2D eigenvalue weighted by Crippen LogP contribution is 2.00. The molecule has 0 aliphatic carbocycles. The third-order valence-corrected chi connectivity index (χ3v) is 2.72. The number of aromatic amines is 1. The molecule has 0 amide bonds. The van der Waals surface area contributed by atoms with Crippen molar-refractivity contribution in [2.75, 3.05) is 5.75 Å². The molecule has 0 aliphatic heterocycles. The van der Waals surface area contributed by atoms with E-state index in [0.29, 0.717) is 6.42 Å². The van der Waals surface area contributed by atoms with Crippen molar-refractivity contribution in [3.05, 3.63) is 18.7 Å². The number of aromatic nitrogens is 2. The summed E-state index contributed by atoms with van der Waals surface area (Å²) < 4.78 is 32.1. The van der Waals surface area contributed by atoms with Gasteiger partial charge in [-0.25, -0.2) is 13.0 Å². The second-order valence-electron chi connectivity index (χ2n) is 3.60. The Balaban J connectivity index is 0.000000315. The van der Waals surface area contributed by atoms with Crippen molar-refractivity contribution in [2.45, 2.75) is 32.6 Å². The Bertz CT molecular complexity index is 346. The molecule has 1 aromatic rings. The predicted octanol–water partition coefficient (Wildman–Crippen LogP) is 0.951. The maximum Gasteiger partial charge on any atom is 0.241 e. The van der Waals surface area contributed by atoms with Crippen LogP contribution in [0.1, 0.15) is 32.6 Å². The zero-order chi connectivity index (χ0) is 12.4. The minimum Gasteiger partial charge on any atom is -0.748 e. The van der Waals surface area contributed by atoms with Crippen LogP contribution in [-0.2, 0) is 17.2 Å². The van der Waals surface area contributed by atoms with Gasteiger partial charge in [-0.15, -0.1) is 0 Å². The molecule has 0 radical (unpaired) electrons. The standard InChI is InChI=1S/C6H14O3S.C4H6N2/c1-2-3-4-5-6-10(7,8)9;1-6-3-2-5-4-6/h2-6H2,1H3,(H,7,8,9);2-4H,1H3. The molecule has 6 heteroatoms. The molecule has 1 heterocycles. The maximum atomic E-state index is 10.0. The van der Waals surface area contributed by atoms with Gasteiger partial charge in [0.15, 0.2) is 0 Å². The molecule has 5 nitrogen and oxygen atoms in total. The van der Waals surface area contributed by atoms with Gasteiger partial charge in [0.1, 0.15) is 12.4 Å². The van der Waals surface area contributed by atoms with Crippen molar-refractivity contribution in [1.82, 2.24) is 4.98 Å². The van der Waals surface area contributed by atoms with Gasteiger partial charge in [0.25, 0.3) is 0 Å². The van der Waals surface area contributed by atoms with E-state index in [1.807, 2.05) is 37.3 Å². The normalized spacial score (nSPS) is 10.7. The van der Waals surface area contributed by atoms with Crippen LogP contribution in [0.15, 0.2) is 18.7 Å². The SMILES string of the molecule is CCCCCCS(=O)(=O)[O-].C[n+]1cc[nH]c1. The summed E-state index contributed by atoms with van der Waals surface area (Å²) in [5.41, 5.74) is 0. The summed E-state index contributed by atoms with van der Waals surface area (Å²) in [6.45, 7) is 2.03. The average Bonchev–Trinajstić information content (AvgIpc) is 2.63. The summed E-state index contributed by atoms with van der Waals surface area (Å²) in [5.74, 6) is -0.201. The molecule has 0 atom stereocenters. The molecule has 0 aliphatic rings. The summed E-state index contributed by atoms with van der Waals surface area (Å²) in [4.78, 5) is 2.89. The van der Waals surface area contributed by atoms with E-state index in [4.69, 9.17) is 0 Å². The van der Waals surface area contributed by atoms with Crippen LogP contribution >= 0.6 is 0 Å². The van der Waals surface area contributed by atoms with E-state index in [2.05, 4.69) is 4.98 Å². The number of hydrogen-bond donors (Lipinski definition) is 1. The molecule has 0 saturated heterocycles. The quantitative estimate of drug-likeness (QED) is 0.479. The summed E-state index contributed by atoms with van der Waals surface area (Å²) in [6.07, 6.45) is 9.12. The van der Waals surface area contributed by atoms with Crippen LogP contribution in [0.25, 0.3) is 0 Å². The molecule has 0 spiro atoms. The third kappa shape index (κ3) is 11.2. The fourth-order valence-corrected chi connectivity index (χ4v) is 1.63. The van der Waals surface area contributed by atoms with Crippen LogP contribution in [0.4, 0.5) is 0 Å². The van der Waals surface area contributed by atoms with Crippen LogP contribution in [0, 0.1) is 0 Å². The molecular weight excluding hydrogens is 228 g/mol. The molecule has 0 fully saturated rings. The lowest BCUT2D eigenvalue weighted by Crippen LogP contribution is -2.22. The Kier molecular flexibility index (Phi) is 7.84. The smallest absolute Gasteiger partial charge is 0.241 e. The van der Waals surface area contributed by atoms with Crippen LogP contribution in [0.2, 0.25) is 0 Å². The Morgan fingerprint density at radius 2 is 2.00 bits per heavy atom. The average molecular weight is 248 g/mol. The van der Waals surface area contributed by atoms with Gasteiger partial charge in [-0.2, -0.15) is 0 Å². The van der Waals surface area contributed by atoms with Crippen molar-refractivity contribution < 1.29 is 17.5 Å². The van der Waals surface area contributed by atoms with Crippen LogP contribution in [0.5, 0.6) is 0 Å². The first-order chi connectivity index (χ1) is 7.45. The highest BCUT2D eigenvalue weighted by molar-refractivity contribution is 7.85. The Morgan fingerprint density at radius 3 is 2.31 bits per heavy atom. The van der Waals surface area contributed by atoms with E-state index >= 15 is 0 Å². The summed E-state index contributed by atoms with van der Waals surface area (Å²) >= 11 is 0. The van der Waals surface area contributed by atoms with Gasteiger partial charge in [0.05, 0.1) is 17.2 Å². The molecule has 1 rings (SSSR count). The van der Waals surface area contributed by atoms with E-state index in [-0.39, 0.29) is 5.75 Å². The second kappa shape index (κ2) is 8.29. The van der Waals surface area contributed by atoms with Crippen molar-refractivity contribution >= 4 is 10.1 Å². The number of nitrogens with zero attached hydrogens (tertiary/aromatic N) is 1. The van der Waals surface area contributed by atoms with Crippen molar-refractivity contribution in [1.29, 1.82) is 0 Å². The Hall–Kier alpha value is -0.880. The van der Waals surface area contributed by atoms with Crippen molar-refractivity contribution in [3.63, 3.8) is 0 Å². The van der Waals surface area contributed by atoms with Crippen LogP contribution in [0.3, 0.4) is 0 Å². The molecule has 0 aromatic carbocycles. The molecular formula is C10H20N2O3S. The third-order valence-electron chi connectivity index (χ3n) is 1.93. The molecule has 94 valence electrons. The van der Waals surface area contributed by atoms with Gasteiger partial charge in [-0.1, -0.05) is 26.2 Å². The fourth-order valence-electron chi connectivity index (χ4n) is 1.07. The Labute approximate surface area is 97.3 Å². The van der Waals surface area contributed by atoms with Gasteiger partial charge in [-0.3, -0.25) is 4.98 Å². The number of nitrogens with one attached hydrogen (secondary N) is 1. The van der Waals surface area contributed by atoms with Gasteiger partial charge in [0.2, 0.25) is 6.33 Å². The largest absolute Gasteiger partial charge is 0.748 e. The summed E-state index contributed by atoms with van der Waals surface area (Å²) in [7, 11) is -1.99. The number of rotatable bonds is 5. The molecule has 1 N–H and O–H groups in total. The topological polar surface area (TPSA) is 76.9 Å². The molecule has 16 heavy (non-hydrogen) atoms. The number of aryl methyl sites for hydroxylation is 1. The minimum absolute atomic E-state index is 0.201. The maximum absolute atomic E-state index is 10.0. The highest BCUT2D eigenvalue weighted by Gasteiger charge is 1.93. The molecule has 1 aromatic heterocycles. The van der Waals surface area contributed by atoms with E-state index in [1.165, 1.54) is 0 Å². The van der Waals surface area contributed by atoms with Gasteiger partial charge in [-0.05, 0) is 6.42 Å².